The van der Waals surface area contributed by atoms with Gasteiger partial charge < -0.3 is 10.6 Å². The van der Waals surface area contributed by atoms with Crippen LogP contribution in [0.25, 0.3) is 0 Å². The Kier molecular flexibility index (Phi) is 6.94. The Morgan fingerprint density at radius 3 is 2.19 bits per heavy atom. The van der Waals surface area contributed by atoms with Gasteiger partial charge in [0.05, 0.1) is 10.1 Å². The van der Waals surface area contributed by atoms with Crippen molar-refractivity contribution in [2.75, 3.05) is 13.1 Å². The van der Waals surface area contributed by atoms with Crippen molar-refractivity contribution in [2.24, 2.45) is 5.73 Å². The minimum Gasteiger partial charge on any atom is -0.334 e. The molecule has 140 valence electrons. The molecule has 0 saturated heterocycles. The molecule has 26 heavy (non-hydrogen) atoms. The predicted octanol–water partition coefficient (Wildman–Crippen LogP) is 2.86. The summed E-state index contributed by atoms with van der Waals surface area (Å²) >= 11 is 0. The molecule has 0 saturated carbocycles. The fourth-order valence-electron chi connectivity index (χ4n) is 2.58. The van der Waals surface area contributed by atoms with Crippen molar-refractivity contribution in [2.45, 2.75) is 37.0 Å². The Morgan fingerprint density at radius 1 is 1.04 bits per heavy atom. The molecule has 2 rings (SSSR count). The topological polar surface area (TPSA) is 80.5 Å². The second-order valence-corrected chi connectivity index (χ2v) is 8.98. The summed E-state index contributed by atoms with van der Waals surface area (Å²) in [5, 5.41) is -0.497. The second-order valence-electron chi connectivity index (χ2n) is 6.47. The van der Waals surface area contributed by atoms with Gasteiger partial charge in [-0.1, -0.05) is 30.3 Å². The van der Waals surface area contributed by atoms with E-state index < -0.39 is 15.1 Å². The average Bonchev–Trinajstić information content (AvgIpc) is 2.65. The molecule has 2 N–H and O–H groups in total. The highest BCUT2D eigenvalue weighted by atomic mass is 32.2. The number of carbonyl (C=O) groups is 1. The molecule has 0 spiro atoms. The maximum absolute atomic E-state index is 12.9. The zero-order valence-corrected chi connectivity index (χ0v) is 16.1. The third kappa shape index (κ3) is 4.93. The number of benzene rings is 2. The number of amides is 1. The molecule has 6 heteroatoms. The Labute approximate surface area is 155 Å². The summed E-state index contributed by atoms with van der Waals surface area (Å²) in [5.41, 5.74) is 7.11. The van der Waals surface area contributed by atoms with Crippen LogP contribution in [0.1, 0.15) is 36.2 Å². The van der Waals surface area contributed by atoms with E-state index in [1.54, 1.807) is 30.9 Å². The lowest BCUT2D eigenvalue weighted by atomic mass is 10.1. The molecule has 1 amide bonds. The van der Waals surface area contributed by atoms with Gasteiger partial charge in [0.15, 0.2) is 9.84 Å². The molecule has 0 bridgehead atoms. The zero-order valence-electron chi connectivity index (χ0n) is 15.3. The molecule has 0 aliphatic heterocycles. The number of rotatable bonds is 8. The lowest BCUT2D eigenvalue weighted by molar-refractivity contribution is 0.0742. The van der Waals surface area contributed by atoms with E-state index in [1.807, 2.05) is 30.3 Å². The third-order valence-electron chi connectivity index (χ3n) is 4.19. The number of hydrogen-bond donors (Lipinski definition) is 1. The Hall–Kier alpha value is -2.18. The fourth-order valence-corrected chi connectivity index (χ4v) is 3.64. The maximum atomic E-state index is 12.9. The van der Waals surface area contributed by atoms with Crippen molar-refractivity contribution >= 4 is 15.7 Å². The van der Waals surface area contributed by atoms with Gasteiger partial charge in [0.25, 0.3) is 5.91 Å². The molecule has 5 nitrogen and oxygen atoms in total. The van der Waals surface area contributed by atoms with Gasteiger partial charge in [-0.3, -0.25) is 4.79 Å². The first kappa shape index (κ1) is 20.1. The molecule has 0 aliphatic rings. The Balaban J connectivity index is 2.22. The van der Waals surface area contributed by atoms with Crippen molar-refractivity contribution in [1.82, 2.24) is 4.90 Å². The van der Waals surface area contributed by atoms with Crippen molar-refractivity contribution in [1.29, 1.82) is 0 Å². The predicted molar refractivity (Wildman–Crippen MR) is 104 cm³/mol. The van der Waals surface area contributed by atoms with Crippen molar-refractivity contribution in [3.63, 3.8) is 0 Å². The van der Waals surface area contributed by atoms with Gasteiger partial charge in [0, 0.05) is 18.7 Å². The molecule has 0 unspecified atom stereocenters. The highest BCUT2D eigenvalue weighted by molar-refractivity contribution is 7.92. The number of nitrogens with zero attached hydrogens (tertiary/aromatic N) is 1. The summed E-state index contributed by atoms with van der Waals surface area (Å²) in [6, 6.07) is 15.9. The van der Waals surface area contributed by atoms with Crippen molar-refractivity contribution < 1.29 is 13.2 Å². The van der Waals surface area contributed by atoms with E-state index in [1.165, 1.54) is 12.1 Å². The van der Waals surface area contributed by atoms with Crippen LogP contribution in [0.5, 0.6) is 0 Å². The van der Waals surface area contributed by atoms with Crippen LogP contribution in [0, 0.1) is 0 Å². The SMILES string of the molecule is CC(C)S(=O)(=O)c1ccc(C(=O)N(CCCN)Cc2ccccc2)cc1. The van der Waals surface area contributed by atoms with Crippen molar-refractivity contribution in [3.8, 4) is 0 Å². The van der Waals surface area contributed by atoms with E-state index in [-0.39, 0.29) is 10.8 Å². The van der Waals surface area contributed by atoms with Crippen LogP contribution in [-0.2, 0) is 16.4 Å². The summed E-state index contributed by atoms with van der Waals surface area (Å²) in [6.45, 7) is 4.83. The third-order valence-corrected chi connectivity index (χ3v) is 6.36. The number of hydrogen-bond acceptors (Lipinski definition) is 4. The van der Waals surface area contributed by atoms with E-state index in [0.717, 1.165) is 5.56 Å². The molecule has 0 fully saturated rings. The Morgan fingerprint density at radius 2 is 1.65 bits per heavy atom. The molecule has 0 heterocycles. The van der Waals surface area contributed by atoms with Gasteiger partial charge in [-0.15, -0.1) is 0 Å². The second kappa shape index (κ2) is 8.96. The van der Waals surface area contributed by atoms with Gasteiger partial charge in [-0.05, 0) is 56.6 Å². The molecule has 0 radical (unpaired) electrons. The first-order valence-electron chi connectivity index (χ1n) is 8.73. The molecule has 0 aromatic heterocycles. The van der Waals surface area contributed by atoms with Gasteiger partial charge in [0.1, 0.15) is 0 Å². The highest BCUT2D eigenvalue weighted by Gasteiger charge is 2.21. The largest absolute Gasteiger partial charge is 0.334 e. The Bertz CT molecular complexity index is 816. The summed E-state index contributed by atoms with van der Waals surface area (Å²) in [6.07, 6.45) is 0.707. The molecule has 2 aromatic rings. The summed E-state index contributed by atoms with van der Waals surface area (Å²) < 4.78 is 24.4. The molecular formula is C20H26N2O3S. The first-order valence-corrected chi connectivity index (χ1v) is 10.3. The van der Waals surface area contributed by atoms with Gasteiger partial charge >= 0.3 is 0 Å². The smallest absolute Gasteiger partial charge is 0.254 e. The van der Waals surface area contributed by atoms with Gasteiger partial charge in [-0.2, -0.15) is 0 Å². The summed E-state index contributed by atoms with van der Waals surface area (Å²) in [7, 11) is -3.34. The minimum absolute atomic E-state index is 0.129. The van der Waals surface area contributed by atoms with Crippen LogP contribution in [-0.4, -0.2) is 37.6 Å². The quantitative estimate of drug-likeness (QED) is 0.770. The van der Waals surface area contributed by atoms with Gasteiger partial charge in [-0.25, -0.2) is 8.42 Å². The van der Waals surface area contributed by atoms with E-state index >= 15 is 0 Å². The zero-order chi connectivity index (χ0) is 19.2. The monoisotopic (exact) mass is 374 g/mol. The average molecular weight is 375 g/mol. The normalized spacial score (nSPS) is 11.5. The molecule has 0 aliphatic carbocycles. The number of carbonyl (C=O) groups excluding carboxylic acids is 1. The van der Waals surface area contributed by atoms with Crippen LogP contribution in [0.15, 0.2) is 59.5 Å². The molecule has 2 aromatic carbocycles. The number of sulfone groups is 1. The summed E-state index contributed by atoms with van der Waals surface area (Å²) in [5.74, 6) is -0.129. The minimum atomic E-state index is -3.34. The fraction of sp³-hybridized carbons (Fsp3) is 0.350. The maximum Gasteiger partial charge on any atom is 0.254 e. The van der Waals surface area contributed by atoms with Crippen LogP contribution >= 0.6 is 0 Å². The van der Waals surface area contributed by atoms with Gasteiger partial charge in [0.2, 0.25) is 0 Å². The van der Waals surface area contributed by atoms with Crippen LogP contribution in [0.2, 0.25) is 0 Å². The molecular weight excluding hydrogens is 348 g/mol. The first-order chi connectivity index (χ1) is 12.4. The van der Waals surface area contributed by atoms with Crippen LogP contribution < -0.4 is 5.73 Å². The van der Waals surface area contributed by atoms with E-state index in [9.17, 15) is 13.2 Å². The lowest BCUT2D eigenvalue weighted by Gasteiger charge is -2.23. The van der Waals surface area contributed by atoms with E-state index in [4.69, 9.17) is 5.73 Å². The number of nitrogens with two attached hydrogens (primary N) is 1. The highest BCUT2D eigenvalue weighted by Crippen LogP contribution is 2.18. The lowest BCUT2D eigenvalue weighted by Crippen LogP contribution is -2.32. The van der Waals surface area contributed by atoms with Crippen LogP contribution in [0.3, 0.4) is 0 Å². The van der Waals surface area contributed by atoms with E-state index in [2.05, 4.69) is 0 Å². The summed E-state index contributed by atoms with van der Waals surface area (Å²) in [4.78, 5) is 14.9. The van der Waals surface area contributed by atoms with Crippen LogP contribution in [0.4, 0.5) is 0 Å². The van der Waals surface area contributed by atoms with Crippen molar-refractivity contribution in [3.05, 3.63) is 65.7 Å². The molecule has 0 atom stereocenters. The van der Waals surface area contributed by atoms with E-state index in [0.29, 0.717) is 31.6 Å². The standard InChI is InChI=1S/C20H26N2O3S/c1-16(2)26(24,25)19-11-9-18(10-12-19)20(23)22(14-6-13-21)15-17-7-4-3-5-8-17/h3-5,7-12,16H,6,13-15,21H2,1-2H3.